The highest BCUT2D eigenvalue weighted by molar-refractivity contribution is 6.26. The van der Waals surface area contributed by atoms with Crippen LogP contribution in [0.3, 0.4) is 0 Å². The molecule has 52 heavy (non-hydrogen) atoms. The van der Waals surface area contributed by atoms with Gasteiger partial charge in [-0.2, -0.15) is 0 Å². The molecule has 10 aromatic rings. The van der Waals surface area contributed by atoms with E-state index >= 15 is 0 Å². The summed E-state index contributed by atoms with van der Waals surface area (Å²) < 4.78 is 4.87. The fourth-order valence-electron chi connectivity index (χ4n) is 8.36. The first-order valence-corrected chi connectivity index (χ1v) is 17.7. The number of fused-ring (bicyclic) bond motifs is 9. The van der Waals surface area contributed by atoms with Crippen LogP contribution < -0.4 is 5.32 Å². The van der Waals surface area contributed by atoms with E-state index in [2.05, 4.69) is 177 Å². The quantitative estimate of drug-likeness (QED) is 0.204. The first kappa shape index (κ1) is 28.8. The molecule has 0 spiro atoms. The number of hydrogen-bond donors (Lipinski definition) is 1. The average molecular weight is 666 g/mol. The number of hydrogen-bond acceptors (Lipinski definition) is 3. The maximum absolute atomic E-state index is 5.44. The van der Waals surface area contributed by atoms with Crippen LogP contribution in [0, 0.1) is 0 Å². The second-order valence-electron chi connectivity index (χ2n) is 13.4. The molecule has 6 aromatic carbocycles. The standard InChI is InChI=1S/C47H31N5/c1-2-12-30(13-3-1)52-43-20-10-6-16-36(43)37-22-23-45-46(47(37)52)38-17-7-11-21-44(38)51(45)31-28-41(34-24-26-48-39-18-8-4-14-32(34)39)50-42(29-31)35-25-27-49-40-19-9-5-15-33(35)40/h1-26,28-29,49H,27H2. The Hall–Kier alpha value is -6.98. The number of anilines is 1. The maximum atomic E-state index is 5.44. The largest absolute Gasteiger partial charge is 0.381 e. The molecule has 0 aliphatic carbocycles. The third-order valence-electron chi connectivity index (χ3n) is 10.6. The van der Waals surface area contributed by atoms with Crippen LogP contribution >= 0.6 is 0 Å². The molecule has 5 nitrogen and oxygen atoms in total. The van der Waals surface area contributed by atoms with Crippen molar-refractivity contribution in [1.82, 2.24) is 19.1 Å². The summed E-state index contributed by atoms with van der Waals surface area (Å²) in [6.07, 6.45) is 4.15. The first-order valence-electron chi connectivity index (χ1n) is 17.7. The number of nitrogens with one attached hydrogen (secondary N) is 1. The molecule has 1 N–H and O–H groups in total. The van der Waals surface area contributed by atoms with Gasteiger partial charge < -0.3 is 14.5 Å². The zero-order chi connectivity index (χ0) is 34.2. The van der Waals surface area contributed by atoms with Crippen LogP contribution in [0.5, 0.6) is 0 Å². The van der Waals surface area contributed by atoms with E-state index in [1.165, 1.54) is 32.6 Å². The van der Waals surface area contributed by atoms with E-state index < -0.39 is 0 Å². The molecule has 4 aromatic heterocycles. The minimum atomic E-state index is 0.739. The Bertz CT molecular complexity index is 3070. The van der Waals surface area contributed by atoms with Crippen LogP contribution in [0.15, 0.2) is 170 Å². The Labute approximate surface area is 299 Å². The van der Waals surface area contributed by atoms with Gasteiger partial charge in [0.05, 0.1) is 44.7 Å². The number of benzene rings is 6. The topological polar surface area (TPSA) is 47.7 Å². The van der Waals surface area contributed by atoms with Gasteiger partial charge in [0.2, 0.25) is 0 Å². The van der Waals surface area contributed by atoms with Gasteiger partial charge in [-0.25, -0.2) is 4.98 Å². The van der Waals surface area contributed by atoms with Crippen LogP contribution in [0.4, 0.5) is 5.69 Å². The lowest BCUT2D eigenvalue weighted by Crippen LogP contribution is -2.10. The van der Waals surface area contributed by atoms with E-state index in [4.69, 9.17) is 4.98 Å². The number of pyridine rings is 2. The normalized spacial score (nSPS) is 12.8. The van der Waals surface area contributed by atoms with Gasteiger partial charge in [0.15, 0.2) is 0 Å². The second kappa shape index (κ2) is 11.3. The summed E-state index contributed by atoms with van der Waals surface area (Å²) in [7, 11) is 0. The zero-order valence-corrected chi connectivity index (χ0v) is 28.2. The van der Waals surface area contributed by atoms with Crippen molar-refractivity contribution in [2.24, 2.45) is 0 Å². The molecule has 5 heteroatoms. The van der Waals surface area contributed by atoms with Crippen molar-refractivity contribution in [3.8, 4) is 22.6 Å². The third-order valence-corrected chi connectivity index (χ3v) is 10.6. The highest BCUT2D eigenvalue weighted by Gasteiger charge is 2.23. The van der Waals surface area contributed by atoms with Crippen LogP contribution in [-0.2, 0) is 0 Å². The van der Waals surface area contributed by atoms with Crippen molar-refractivity contribution in [1.29, 1.82) is 0 Å². The van der Waals surface area contributed by atoms with Crippen LogP contribution in [0.25, 0.3) is 82.7 Å². The number of nitrogens with zero attached hydrogens (tertiary/aromatic N) is 4. The molecule has 1 aliphatic rings. The van der Waals surface area contributed by atoms with Crippen LogP contribution in [-0.4, -0.2) is 25.6 Å². The van der Waals surface area contributed by atoms with E-state index in [0.29, 0.717) is 0 Å². The van der Waals surface area contributed by atoms with Crippen molar-refractivity contribution in [3.05, 3.63) is 181 Å². The van der Waals surface area contributed by atoms with E-state index in [9.17, 15) is 0 Å². The van der Waals surface area contributed by atoms with Gasteiger partial charge in [0, 0.05) is 67.7 Å². The number of para-hydroxylation sites is 5. The predicted molar refractivity (Wildman–Crippen MR) is 216 cm³/mol. The summed E-state index contributed by atoms with van der Waals surface area (Å²) >= 11 is 0. The van der Waals surface area contributed by atoms with Crippen LogP contribution in [0.1, 0.15) is 11.3 Å². The Balaban J connectivity index is 1.26. The first-order chi connectivity index (χ1) is 25.8. The third kappa shape index (κ3) is 4.23. The lowest BCUT2D eigenvalue weighted by Gasteiger charge is -2.21. The predicted octanol–water partition coefficient (Wildman–Crippen LogP) is 11.3. The Kier molecular flexibility index (Phi) is 6.25. The summed E-state index contributed by atoms with van der Waals surface area (Å²) in [6, 6.07) is 56.4. The Morgan fingerprint density at radius 1 is 0.500 bits per heavy atom. The van der Waals surface area contributed by atoms with Crippen LogP contribution in [0.2, 0.25) is 0 Å². The van der Waals surface area contributed by atoms with Crippen molar-refractivity contribution in [3.63, 3.8) is 0 Å². The fourth-order valence-corrected chi connectivity index (χ4v) is 8.36. The lowest BCUT2D eigenvalue weighted by molar-refractivity contribution is 1.14. The number of aromatic nitrogens is 4. The van der Waals surface area contributed by atoms with Crippen molar-refractivity contribution < 1.29 is 0 Å². The molecule has 0 unspecified atom stereocenters. The van der Waals surface area contributed by atoms with Gasteiger partial charge in [-0.3, -0.25) is 4.98 Å². The van der Waals surface area contributed by atoms with E-state index in [0.717, 1.165) is 73.6 Å². The summed E-state index contributed by atoms with van der Waals surface area (Å²) in [5.74, 6) is 0. The fraction of sp³-hybridized carbons (Fsp3) is 0.0213. The Morgan fingerprint density at radius 2 is 1.21 bits per heavy atom. The second-order valence-corrected chi connectivity index (χ2v) is 13.4. The molecule has 5 heterocycles. The lowest BCUT2D eigenvalue weighted by atomic mass is 9.96. The minimum absolute atomic E-state index is 0.739. The summed E-state index contributed by atoms with van der Waals surface area (Å²) in [5.41, 5.74) is 14.2. The summed E-state index contributed by atoms with van der Waals surface area (Å²) in [5, 5.41) is 9.56. The molecular weight excluding hydrogens is 635 g/mol. The van der Waals surface area contributed by atoms with Gasteiger partial charge in [-0.05, 0) is 60.7 Å². The summed E-state index contributed by atoms with van der Waals surface area (Å²) in [6.45, 7) is 0.739. The molecule has 0 atom stereocenters. The maximum Gasteiger partial charge on any atom is 0.0737 e. The SMILES string of the molecule is C1=C(c2cc(-n3c4ccccc4c4c3ccc3c5ccccc5n(-c5ccccc5)c34)cc(-c3ccnc4ccccc34)n2)c2ccccc2NC1. The molecule has 11 rings (SSSR count). The highest BCUT2D eigenvalue weighted by atomic mass is 15.0. The molecule has 244 valence electrons. The average Bonchev–Trinajstić information content (AvgIpc) is 3.73. The molecule has 0 fully saturated rings. The molecule has 0 bridgehead atoms. The van der Waals surface area contributed by atoms with Crippen molar-refractivity contribution in [2.45, 2.75) is 0 Å². The molecule has 0 radical (unpaired) electrons. The molecule has 0 saturated heterocycles. The molecular formula is C47H31N5. The number of rotatable bonds is 4. The van der Waals surface area contributed by atoms with Gasteiger partial charge in [-0.1, -0.05) is 103 Å². The zero-order valence-electron chi connectivity index (χ0n) is 28.2. The molecule has 0 amide bonds. The van der Waals surface area contributed by atoms with Crippen molar-refractivity contribution in [2.75, 3.05) is 11.9 Å². The summed E-state index contributed by atoms with van der Waals surface area (Å²) in [4.78, 5) is 10.1. The Morgan fingerprint density at radius 3 is 2.10 bits per heavy atom. The van der Waals surface area contributed by atoms with E-state index in [-0.39, 0.29) is 0 Å². The molecule has 1 aliphatic heterocycles. The van der Waals surface area contributed by atoms with Gasteiger partial charge >= 0.3 is 0 Å². The highest BCUT2D eigenvalue weighted by Crippen LogP contribution is 2.43. The van der Waals surface area contributed by atoms with Gasteiger partial charge in [-0.15, -0.1) is 0 Å². The molecule has 0 saturated carbocycles. The van der Waals surface area contributed by atoms with E-state index in [1.54, 1.807) is 0 Å². The van der Waals surface area contributed by atoms with E-state index in [1.807, 2.05) is 12.3 Å². The van der Waals surface area contributed by atoms with Gasteiger partial charge in [0.1, 0.15) is 0 Å². The van der Waals surface area contributed by atoms with Gasteiger partial charge in [0.25, 0.3) is 0 Å². The smallest absolute Gasteiger partial charge is 0.0737 e. The monoisotopic (exact) mass is 665 g/mol. The minimum Gasteiger partial charge on any atom is -0.381 e. The van der Waals surface area contributed by atoms with Crippen molar-refractivity contribution >= 4 is 65.8 Å².